The van der Waals surface area contributed by atoms with Crippen molar-refractivity contribution in [2.24, 2.45) is 5.84 Å². The number of rotatable bonds is 4. The summed E-state index contributed by atoms with van der Waals surface area (Å²) in [6.07, 6.45) is 0.201. The first kappa shape index (κ1) is 14.6. The number of hydrogen-bond acceptors (Lipinski definition) is 2. The Balaban J connectivity index is 2.31. The Hall–Kier alpha value is -1.85. The zero-order valence-corrected chi connectivity index (χ0v) is 11.0. The van der Waals surface area contributed by atoms with E-state index in [1.165, 1.54) is 24.3 Å². The summed E-state index contributed by atoms with van der Waals surface area (Å²) in [5.41, 5.74) is 4.36. The summed E-state index contributed by atoms with van der Waals surface area (Å²) in [6, 6.07) is 7.27. The summed E-state index contributed by atoms with van der Waals surface area (Å²) < 4.78 is 39.9. The van der Waals surface area contributed by atoms with E-state index in [4.69, 9.17) is 5.84 Å². The molecule has 0 fully saturated rings. The largest absolute Gasteiger partial charge is 0.271 e. The fraction of sp³-hybridized carbons (Fsp3) is 0.200. The molecule has 1 atom stereocenters. The zero-order valence-electron chi connectivity index (χ0n) is 11.0. The van der Waals surface area contributed by atoms with Crippen LogP contribution in [0.15, 0.2) is 36.4 Å². The summed E-state index contributed by atoms with van der Waals surface area (Å²) in [5.74, 6) is 3.83. The van der Waals surface area contributed by atoms with Crippen LogP contribution in [-0.2, 0) is 6.42 Å². The molecule has 106 valence electrons. The van der Waals surface area contributed by atoms with E-state index in [9.17, 15) is 13.2 Å². The molecular formula is C15H15F3N2. The molecule has 5 heteroatoms. The maximum atomic E-state index is 13.7. The molecule has 0 radical (unpaired) electrons. The molecule has 0 bridgehead atoms. The monoisotopic (exact) mass is 280 g/mol. The molecule has 0 heterocycles. The fourth-order valence-electron chi connectivity index (χ4n) is 2.15. The lowest BCUT2D eigenvalue weighted by atomic mass is 9.95. The van der Waals surface area contributed by atoms with Gasteiger partial charge in [0.1, 0.15) is 17.5 Å². The number of hydrazine groups is 1. The number of benzene rings is 2. The molecule has 1 unspecified atom stereocenters. The van der Waals surface area contributed by atoms with Crippen LogP contribution in [0.5, 0.6) is 0 Å². The van der Waals surface area contributed by atoms with Crippen molar-refractivity contribution in [3.63, 3.8) is 0 Å². The number of halogens is 3. The first-order chi connectivity index (χ1) is 9.51. The van der Waals surface area contributed by atoms with Crippen LogP contribution in [0.1, 0.15) is 22.7 Å². The highest BCUT2D eigenvalue weighted by molar-refractivity contribution is 5.31. The smallest absolute Gasteiger partial charge is 0.129 e. The van der Waals surface area contributed by atoms with Gasteiger partial charge in [-0.15, -0.1) is 0 Å². The van der Waals surface area contributed by atoms with Crippen LogP contribution in [0.2, 0.25) is 0 Å². The third-order valence-electron chi connectivity index (χ3n) is 3.26. The lowest BCUT2D eigenvalue weighted by Gasteiger charge is -2.19. The van der Waals surface area contributed by atoms with Crippen LogP contribution < -0.4 is 11.3 Å². The molecule has 0 amide bonds. The number of nitrogens with two attached hydrogens (primary N) is 1. The van der Waals surface area contributed by atoms with E-state index in [1.807, 2.05) is 6.92 Å². The number of nitrogens with one attached hydrogen (secondary N) is 1. The van der Waals surface area contributed by atoms with Crippen LogP contribution in [0.3, 0.4) is 0 Å². The van der Waals surface area contributed by atoms with Gasteiger partial charge in [-0.1, -0.05) is 12.1 Å². The average molecular weight is 280 g/mol. The molecule has 0 aliphatic carbocycles. The molecule has 0 aromatic heterocycles. The van der Waals surface area contributed by atoms with Crippen molar-refractivity contribution in [3.8, 4) is 0 Å². The van der Waals surface area contributed by atoms with Gasteiger partial charge in [0.15, 0.2) is 0 Å². The predicted octanol–water partition coefficient (Wildman–Crippen LogP) is 3.16. The Bertz CT molecular complexity index is 614. The van der Waals surface area contributed by atoms with Gasteiger partial charge in [-0.05, 0) is 48.2 Å². The Morgan fingerprint density at radius 2 is 1.70 bits per heavy atom. The summed E-state index contributed by atoms with van der Waals surface area (Å²) in [4.78, 5) is 0. The molecule has 3 N–H and O–H groups in total. The van der Waals surface area contributed by atoms with Crippen molar-refractivity contribution in [2.45, 2.75) is 19.4 Å². The topological polar surface area (TPSA) is 38.0 Å². The summed E-state index contributed by atoms with van der Waals surface area (Å²) >= 11 is 0. The lowest BCUT2D eigenvalue weighted by molar-refractivity contribution is 0.516. The molecule has 0 aliphatic heterocycles. The Labute approximate surface area is 115 Å². The summed E-state index contributed by atoms with van der Waals surface area (Å²) in [5, 5.41) is 0. The van der Waals surface area contributed by atoms with Gasteiger partial charge in [0, 0.05) is 6.07 Å². The number of hydrogen-bond donors (Lipinski definition) is 2. The van der Waals surface area contributed by atoms with Crippen molar-refractivity contribution in [1.82, 2.24) is 5.43 Å². The standard InChI is InChI=1S/C15H15F3N2/c1-9-2-4-11(16)7-13(9)15(20-19)6-10-3-5-12(17)8-14(10)18/h2-5,7-8,15,20H,6,19H2,1H3. The molecule has 0 aliphatic rings. The van der Waals surface area contributed by atoms with Crippen molar-refractivity contribution in [1.29, 1.82) is 0 Å². The van der Waals surface area contributed by atoms with Crippen molar-refractivity contribution in [3.05, 3.63) is 70.5 Å². The minimum atomic E-state index is -0.640. The van der Waals surface area contributed by atoms with E-state index in [0.717, 1.165) is 11.6 Å². The van der Waals surface area contributed by atoms with E-state index in [0.29, 0.717) is 11.1 Å². The van der Waals surface area contributed by atoms with Crippen molar-refractivity contribution < 1.29 is 13.2 Å². The maximum Gasteiger partial charge on any atom is 0.129 e. The highest BCUT2D eigenvalue weighted by Gasteiger charge is 2.16. The second kappa shape index (κ2) is 6.07. The number of aryl methyl sites for hydroxylation is 1. The second-order valence-electron chi connectivity index (χ2n) is 4.66. The van der Waals surface area contributed by atoms with Crippen LogP contribution in [0.4, 0.5) is 13.2 Å². The fourth-order valence-corrected chi connectivity index (χ4v) is 2.15. The molecule has 2 nitrogen and oxygen atoms in total. The van der Waals surface area contributed by atoms with E-state index >= 15 is 0 Å². The maximum absolute atomic E-state index is 13.7. The molecule has 0 spiro atoms. The molecular weight excluding hydrogens is 265 g/mol. The summed E-state index contributed by atoms with van der Waals surface area (Å²) in [7, 11) is 0. The minimum absolute atomic E-state index is 0.201. The zero-order chi connectivity index (χ0) is 14.7. The van der Waals surface area contributed by atoms with Crippen LogP contribution in [0, 0.1) is 24.4 Å². The van der Waals surface area contributed by atoms with Gasteiger partial charge in [0.25, 0.3) is 0 Å². The Kier molecular flexibility index (Phi) is 4.42. The first-order valence-corrected chi connectivity index (χ1v) is 6.17. The molecule has 20 heavy (non-hydrogen) atoms. The van der Waals surface area contributed by atoms with Gasteiger partial charge in [-0.25, -0.2) is 13.2 Å². The quantitative estimate of drug-likeness (QED) is 0.667. The normalized spacial score (nSPS) is 12.4. The van der Waals surface area contributed by atoms with E-state index in [2.05, 4.69) is 5.43 Å². The van der Waals surface area contributed by atoms with Gasteiger partial charge < -0.3 is 0 Å². The van der Waals surface area contributed by atoms with Crippen LogP contribution in [-0.4, -0.2) is 0 Å². The second-order valence-corrected chi connectivity index (χ2v) is 4.66. The van der Waals surface area contributed by atoms with E-state index in [-0.39, 0.29) is 12.2 Å². The van der Waals surface area contributed by atoms with E-state index < -0.39 is 17.7 Å². The SMILES string of the molecule is Cc1ccc(F)cc1C(Cc1ccc(F)cc1F)NN. The van der Waals surface area contributed by atoms with Gasteiger partial charge in [-0.2, -0.15) is 0 Å². The van der Waals surface area contributed by atoms with E-state index in [1.54, 1.807) is 6.07 Å². The average Bonchev–Trinajstić information content (AvgIpc) is 2.41. The van der Waals surface area contributed by atoms with Gasteiger partial charge in [0.05, 0.1) is 6.04 Å². The summed E-state index contributed by atoms with van der Waals surface area (Å²) in [6.45, 7) is 1.82. The lowest BCUT2D eigenvalue weighted by Crippen LogP contribution is -2.30. The third kappa shape index (κ3) is 3.18. The van der Waals surface area contributed by atoms with Gasteiger partial charge in [-0.3, -0.25) is 11.3 Å². The third-order valence-corrected chi connectivity index (χ3v) is 3.26. The van der Waals surface area contributed by atoms with Crippen LogP contribution >= 0.6 is 0 Å². The molecule has 2 rings (SSSR count). The molecule has 0 saturated carbocycles. The molecule has 2 aromatic rings. The minimum Gasteiger partial charge on any atom is -0.271 e. The first-order valence-electron chi connectivity index (χ1n) is 6.17. The van der Waals surface area contributed by atoms with Crippen molar-refractivity contribution >= 4 is 0 Å². The Morgan fingerprint density at radius 1 is 1.05 bits per heavy atom. The van der Waals surface area contributed by atoms with Gasteiger partial charge in [0.2, 0.25) is 0 Å². The predicted molar refractivity (Wildman–Crippen MR) is 71.3 cm³/mol. The molecule has 2 aromatic carbocycles. The molecule has 0 saturated heterocycles. The van der Waals surface area contributed by atoms with Crippen LogP contribution in [0.25, 0.3) is 0 Å². The van der Waals surface area contributed by atoms with Crippen molar-refractivity contribution in [2.75, 3.05) is 0 Å². The Morgan fingerprint density at radius 3 is 2.35 bits per heavy atom. The van der Waals surface area contributed by atoms with Gasteiger partial charge >= 0.3 is 0 Å². The highest BCUT2D eigenvalue weighted by Crippen LogP contribution is 2.23. The highest BCUT2D eigenvalue weighted by atomic mass is 19.1.